The van der Waals surface area contributed by atoms with Gasteiger partial charge in [-0.15, -0.1) is 6.58 Å². The van der Waals surface area contributed by atoms with Crippen molar-refractivity contribution in [1.82, 2.24) is 4.98 Å². The molecule has 0 fully saturated rings. The maximum Gasteiger partial charge on any atom is 0.131 e. The Labute approximate surface area is 116 Å². The summed E-state index contributed by atoms with van der Waals surface area (Å²) in [6.07, 6.45) is 3.01. The molecule has 0 aliphatic carbocycles. The third-order valence-electron chi connectivity index (χ3n) is 2.10. The summed E-state index contributed by atoms with van der Waals surface area (Å²) in [4.78, 5) is 4.03. The first-order valence-electron chi connectivity index (χ1n) is 5.23. The Balaban J connectivity index is 2.89. The van der Waals surface area contributed by atoms with Crippen molar-refractivity contribution in [3.63, 3.8) is 0 Å². The number of aliphatic hydroxyl groups excluding tert-OH is 1. The number of aromatic nitrogens is 1. The van der Waals surface area contributed by atoms with Crippen LogP contribution in [0.15, 0.2) is 42.3 Å². The minimum atomic E-state index is -0.149. The van der Waals surface area contributed by atoms with Crippen molar-refractivity contribution in [2.45, 2.75) is 6.42 Å². The lowest BCUT2D eigenvalue weighted by Crippen LogP contribution is -2.14. The average molecular weight is 270 g/mol. The van der Waals surface area contributed by atoms with Gasteiger partial charge in [0.15, 0.2) is 0 Å². The van der Waals surface area contributed by atoms with Crippen molar-refractivity contribution >= 4 is 23.0 Å². The SMILES string of the molecule is C=CCC(O)=C(C#N)C(=S)Nc1ccc(C#N)cn1. The summed E-state index contributed by atoms with van der Waals surface area (Å²) in [5, 5.41) is 30.0. The van der Waals surface area contributed by atoms with E-state index in [-0.39, 0.29) is 22.7 Å². The molecule has 19 heavy (non-hydrogen) atoms. The Kier molecular flexibility index (Phi) is 5.21. The van der Waals surface area contributed by atoms with Gasteiger partial charge in [0.2, 0.25) is 0 Å². The predicted octanol–water partition coefficient (Wildman–Crippen LogP) is 2.60. The Morgan fingerprint density at radius 3 is 2.74 bits per heavy atom. The minimum absolute atomic E-state index is 0.0268. The van der Waals surface area contributed by atoms with E-state index in [0.29, 0.717) is 11.4 Å². The fourth-order valence-corrected chi connectivity index (χ4v) is 1.47. The molecular formula is C13H10N4OS. The quantitative estimate of drug-likeness (QED) is 0.287. The maximum absolute atomic E-state index is 9.63. The molecule has 0 saturated heterocycles. The highest BCUT2D eigenvalue weighted by molar-refractivity contribution is 7.81. The molecule has 5 nitrogen and oxygen atoms in total. The summed E-state index contributed by atoms with van der Waals surface area (Å²) in [6.45, 7) is 3.47. The van der Waals surface area contributed by atoms with Crippen molar-refractivity contribution in [1.29, 1.82) is 10.5 Å². The molecule has 0 amide bonds. The maximum atomic E-state index is 9.63. The summed E-state index contributed by atoms with van der Waals surface area (Å²) in [5.74, 6) is 0.242. The molecule has 0 aliphatic heterocycles. The standard InChI is InChI=1S/C13H10N4OS/c1-2-3-11(18)10(7-15)13(19)17-12-5-4-9(6-14)8-16-12/h2,4-5,8,18H,1,3H2,(H,16,17,19). The molecule has 1 aromatic heterocycles. The van der Waals surface area contributed by atoms with E-state index < -0.39 is 0 Å². The first-order valence-corrected chi connectivity index (χ1v) is 5.63. The van der Waals surface area contributed by atoms with Gasteiger partial charge in [-0.1, -0.05) is 18.3 Å². The van der Waals surface area contributed by atoms with Gasteiger partial charge in [-0.25, -0.2) is 4.98 Å². The molecule has 94 valence electrons. The topological polar surface area (TPSA) is 92.7 Å². The van der Waals surface area contributed by atoms with Crippen LogP contribution in [-0.2, 0) is 0 Å². The molecule has 0 saturated carbocycles. The highest BCUT2D eigenvalue weighted by Gasteiger charge is 2.11. The van der Waals surface area contributed by atoms with Gasteiger partial charge in [0, 0.05) is 12.6 Å². The largest absolute Gasteiger partial charge is 0.510 e. The summed E-state index contributed by atoms with van der Waals surface area (Å²) < 4.78 is 0. The number of nitrogens with zero attached hydrogens (tertiary/aromatic N) is 3. The molecule has 1 heterocycles. The molecule has 1 rings (SSSR count). The molecule has 0 aromatic carbocycles. The molecule has 0 bridgehead atoms. The zero-order chi connectivity index (χ0) is 14.3. The number of rotatable bonds is 4. The van der Waals surface area contributed by atoms with Crippen molar-refractivity contribution < 1.29 is 5.11 Å². The molecule has 0 spiro atoms. The highest BCUT2D eigenvalue weighted by atomic mass is 32.1. The minimum Gasteiger partial charge on any atom is -0.510 e. The van der Waals surface area contributed by atoms with Crippen LogP contribution >= 0.6 is 12.2 Å². The van der Waals surface area contributed by atoms with Crippen molar-refractivity contribution in [3.05, 3.63) is 47.9 Å². The lowest BCUT2D eigenvalue weighted by Gasteiger charge is -2.07. The average Bonchev–Trinajstić information content (AvgIpc) is 2.40. The molecule has 2 N–H and O–H groups in total. The number of pyridine rings is 1. The zero-order valence-electron chi connectivity index (χ0n) is 9.92. The number of hydrogen-bond donors (Lipinski definition) is 2. The normalized spacial score (nSPS) is 10.6. The number of nitriles is 2. The molecular weight excluding hydrogens is 260 g/mol. The highest BCUT2D eigenvalue weighted by Crippen LogP contribution is 2.11. The van der Waals surface area contributed by atoms with E-state index in [1.807, 2.05) is 12.1 Å². The molecule has 0 unspecified atom stereocenters. The van der Waals surface area contributed by atoms with E-state index in [0.717, 1.165) is 0 Å². The Morgan fingerprint density at radius 1 is 1.53 bits per heavy atom. The first-order chi connectivity index (χ1) is 9.12. The second kappa shape index (κ2) is 6.90. The van der Waals surface area contributed by atoms with Crippen LogP contribution < -0.4 is 5.32 Å². The Morgan fingerprint density at radius 2 is 2.26 bits per heavy atom. The first kappa shape index (κ1) is 14.4. The van der Waals surface area contributed by atoms with Crippen LogP contribution in [0.3, 0.4) is 0 Å². The Hall–Kier alpha value is -2.70. The van der Waals surface area contributed by atoms with Gasteiger partial charge < -0.3 is 10.4 Å². The zero-order valence-corrected chi connectivity index (χ0v) is 10.7. The van der Waals surface area contributed by atoms with E-state index >= 15 is 0 Å². The lowest BCUT2D eigenvalue weighted by atomic mass is 10.2. The van der Waals surface area contributed by atoms with E-state index in [1.54, 1.807) is 12.1 Å². The summed E-state index contributed by atoms with van der Waals surface area (Å²) in [5.41, 5.74) is 0.392. The van der Waals surface area contributed by atoms with Gasteiger partial charge in [-0.05, 0) is 12.1 Å². The van der Waals surface area contributed by atoms with Gasteiger partial charge in [-0.3, -0.25) is 0 Å². The van der Waals surface area contributed by atoms with Gasteiger partial charge >= 0.3 is 0 Å². The van der Waals surface area contributed by atoms with Crippen LogP contribution in [0.2, 0.25) is 0 Å². The number of allylic oxidation sites excluding steroid dienone is 1. The Bertz CT molecular complexity index is 605. The second-order valence-corrected chi connectivity index (χ2v) is 3.83. The number of aliphatic hydroxyl groups is 1. The molecule has 1 aromatic rings. The fourth-order valence-electron chi connectivity index (χ4n) is 1.20. The van der Waals surface area contributed by atoms with Crippen molar-refractivity contribution in [2.75, 3.05) is 5.32 Å². The predicted molar refractivity (Wildman–Crippen MR) is 75.3 cm³/mol. The fraction of sp³-hybridized carbons (Fsp3) is 0.0769. The van der Waals surface area contributed by atoms with E-state index in [1.165, 1.54) is 12.3 Å². The number of anilines is 1. The number of nitrogens with one attached hydrogen (secondary N) is 1. The molecule has 0 atom stereocenters. The molecule has 6 heteroatoms. The molecule has 0 radical (unpaired) electrons. The van der Waals surface area contributed by atoms with Crippen LogP contribution in [-0.4, -0.2) is 15.1 Å². The van der Waals surface area contributed by atoms with Crippen molar-refractivity contribution in [2.24, 2.45) is 0 Å². The smallest absolute Gasteiger partial charge is 0.131 e. The monoisotopic (exact) mass is 270 g/mol. The van der Waals surface area contributed by atoms with Gasteiger partial charge in [0.25, 0.3) is 0 Å². The molecule has 0 aliphatic rings. The summed E-state index contributed by atoms with van der Waals surface area (Å²) in [6, 6.07) is 6.89. The third-order valence-corrected chi connectivity index (χ3v) is 2.41. The van der Waals surface area contributed by atoms with Crippen molar-refractivity contribution in [3.8, 4) is 12.1 Å². The van der Waals surface area contributed by atoms with Gasteiger partial charge in [0.1, 0.15) is 34.3 Å². The van der Waals surface area contributed by atoms with Gasteiger partial charge in [0.05, 0.1) is 5.56 Å². The van der Waals surface area contributed by atoms with Crippen LogP contribution in [0.1, 0.15) is 12.0 Å². The third kappa shape index (κ3) is 3.91. The summed E-state index contributed by atoms with van der Waals surface area (Å²) in [7, 11) is 0. The number of thiocarbonyl (C=S) groups is 1. The van der Waals surface area contributed by atoms with E-state index in [9.17, 15) is 5.11 Å². The lowest BCUT2D eigenvalue weighted by molar-refractivity contribution is 0.399. The van der Waals surface area contributed by atoms with E-state index in [4.69, 9.17) is 22.7 Å². The van der Waals surface area contributed by atoms with E-state index in [2.05, 4.69) is 16.9 Å². The van der Waals surface area contributed by atoms with Gasteiger partial charge in [-0.2, -0.15) is 10.5 Å². The van der Waals surface area contributed by atoms with Crippen LogP contribution in [0.4, 0.5) is 5.82 Å². The second-order valence-electron chi connectivity index (χ2n) is 3.42. The van der Waals surface area contributed by atoms with Crippen LogP contribution in [0.25, 0.3) is 0 Å². The van der Waals surface area contributed by atoms with Crippen LogP contribution in [0, 0.1) is 22.7 Å². The number of hydrogen-bond acceptors (Lipinski definition) is 5. The summed E-state index contributed by atoms with van der Waals surface area (Å²) >= 11 is 5.02. The van der Waals surface area contributed by atoms with Crippen LogP contribution in [0.5, 0.6) is 0 Å².